The van der Waals surface area contributed by atoms with Crippen molar-refractivity contribution in [2.75, 3.05) is 104 Å². The summed E-state index contributed by atoms with van der Waals surface area (Å²) in [5.74, 6) is 0. The van der Waals surface area contributed by atoms with E-state index in [1.165, 1.54) is 11.6 Å². The molecule has 0 aromatic rings. The number of hydrogen-bond donors (Lipinski definition) is 8. The molecule has 0 aliphatic carbocycles. The van der Waals surface area contributed by atoms with Crippen LogP contribution in [0.3, 0.4) is 0 Å². The van der Waals surface area contributed by atoms with Crippen molar-refractivity contribution in [1.82, 2.24) is 14.7 Å². The molecule has 9 unspecified atom stereocenters. The van der Waals surface area contributed by atoms with Gasteiger partial charge in [-0.05, 0) is 13.1 Å². The Kier molecular flexibility index (Phi) is 32.0. The molecular formula is C22H55N3O22P6. The third-order valence-corrected chi connectivity index (χ3v) is 12.5. The Bertz CT molecular complexity index is 1050. The van der Waals surface area contributed by atoms with E-state index in [2.05, 4.69) is 23.4 Å². The van der Waals surface area contributed by atoms with Crippen LogP contribution in [0.2, 0.25) is 0 Å². The molecule has 9 atom stereocenters. The molecule has 320 valence electrons. The molecule has 0 aliphatic heterocycles. The normalized spacial score (nSPS) is 18.7. The lowest BCUT2D eigenvalue weighted by Gasteiger charge is -2.34. The fourth-order valence-corrected chi connectivity index (χ4v) is 9.51. The summed E-state index contributed by atoms with van der Waals surface area (Å²) in [6.45, 7) is 1.05. The number of aliphatic hydroxyl groups is 3. The number of ether oxygens (including phenoxy) is 3. The summed E-state index contributed by atoms with van der Waals surface area (Å²) in [5, 5.41) is 75.1. The van der Waals surface area contributed by atoms with E-state index < -0.39 is 96.8 Å². The Morgan fingerprint density at radius 2 is 0.736 bits per heavy atom. The minimum Gasteiger partial charge on any atom is -0.389 e. The van der Waals surface area contributed by atoms with Crippen molar-refractivity contribution in [2.45, 2.75) is 31.7 Å². The molecule has 31 heteroatoms. The van der Waals surface area contributed by atoms with Gasteiger partial charge in [-0.15, -0.1) is 0 Å². The summed E-state index contributed by atoms with van der Waals surface area (Å²) < 4.78 is 107. The van der Waals surface area contributed by atoms with E-state index >= 15 is 0 Å². The third kappa shape index (κ3) is 27.0. The van der Waals surface area contributed by atoms with Gasteiger partial charge in [-0.3, -0.25) is 37.5 Å². The van der Waals surface area contributed by atoms with E-state index in [0.29, 0.717) is 6.42 Å². The minimum absolute atomic E-state index is 0.00993. The van der Waals surface area contributed by atoms with Crippen LogP contribution in [0.4, 0.5) is 0 Å². The average Bonchev–Trinajstić information content (AvgIpc) is 3.10. The molecule has 53 heavy (non-hydrogen) atoms. The first-order valence-electron chi connectivity index (χ1n) is 15.7. The maximum Gasteiger partial charge on any atom is 0.237 e. The molecule has 0 saturated carbocycles. The van der Waals surface area contributed by atoms with Crippen molar-refractivity contribution >= 4 is 47.9 Å². The second-order valence-corrected chi connectivity index (χ2v) is 19.8. The van der Waals surface area contributed by atoms with Crippen LogP contribution in [0.1, 0.15) is 13.3 Å². The topological polar surface area (TPSA) is 348 Å². The summed E-state index contributed by atoms with van der Waals surface area (Å²) in [7, 11) is -17.1. The molecule has 0 rings (SSSR count). The fourth-order valence-electron chi connectivity index (χ4n) is 4.64. The molecule has 0 saturated heterocycles. The monoisotopic (exact) mass is 899 g/mol. The molecule has 0 bridgehead atoms. The smallest absolute Gasteiger partial charge is 0.237 e. The Balaban J connectivity index is 5.71. The van der Waals surface area contributed by atoms with Crippen LogP contribution in [0.5, 0.6) is 0 Å². The van der Waals surface area contributed by atoms with E-state index in [0.717, 1.165) is 9.80 Å². The molecule has 0 radical (unpaired) electrons. The highest BCUT2D eigenvalue weighted by Gasteiger charge is 2.32. The van der Waals surface area contributed by atoms with Crippen LogP contribution in [0.25, 0.3) is 0 Å². The van der Waals surface area contributed by atoms with Gasteiger partial charge in [0.1, 0.15) is 0 Å². The molecule has 0 heterocycles. The molecule has 25 nitrogen and oxygen atoms in total. The quantitative estimate of drug-likeness (QED) is 0.0249. The molecule has 8 N–H and O–H groups in total. The van der Waals surface area contributed by atoms with Crippen LogP contribution >= 0.6 is 47.9 Å². The van der Waals surface area contributed by atoms with Crippen LogP contribution in [0.15, 0.2) is 0 Å². The van der Waals surface area contributed by atoms with Crippen molar-refractivity contribution < 1.29 is 107 Å². The first-order valence-corrected chi connectivity index (χ1v) is 25.4. The zero-order valence-electron chi connectivity index (χ0n) is 29.2. The number of hydrogen-bond acceptors (Lipinski definition) is 25. The van der Waals surface area contributed by atoms with Crippen LogP contribution < -0.4 is 0 Å². The molecule has 0 amide bonds. The largest absolute Gasteiger partial charge is 0.389 e. The van der Waals surface area contributed by atoms with Gasteiger partial charge in [0.15, 0.2) is 0 Å². The summed E-state index contributed by atoms with van der Waals surface area (Å²) in [6.07, 6.45) is -5.51. The van der Waals surface area contributed by atoms with Gasteiger partial charge in [0.25, 0.3) is 0 Å². The lowest BCUT2D eigenvalue weighted by atomic mass is 9.88. The predicted molar refractivity (Wildman–Crippen MR) is 191 cm³/mol. The summed E-state index contributed by atoms with van der Waals surface area (Å²) >= 11 is 0. The second kappa shape index (κ2) is 31.6. The van der Waals surface area contributed by atoms with Crippen LogP contribution in [-0.2, 0) is 65.0 Å². The highest BCUT2D eigenvalue weighted by molar-refractivity contribution is 7.43. The SMILES string of the molecule is CCC(COCC(O)CN(C[PH](C)=O)C[PH](=O)OO)(COCC(O)CN(C[PH](=O)OO)C[PH](=O)OO)COCC(O)CN(C[PH](=O)OO)C[PH](=O)OO. The van der Waals surface area contributed by atoms with Crippen LogP contribution in [-0.4, -0.2) is 178 Å². The van der Waals surface area contributed by atoms with E-state index in [-0.39, 0.29) is 71.8 Å². The molecule has 0 spiro atoms. The van der Waals surface area contributed by atoms with E-state index in [9.17, 15) is 42.7 Å². The van der Waals surface area contributed by atoms with Crippen molar-refractivity contribution in [3.63, 3.8) is 0 Å². The standard InChI is InChI=1S/C22H55N3O22P6/c1-3-22(10-40-7-19(26)4-23(13-48(2)34)14-49(35)43-29,11-41-8-20(27)5-24(15-50(36)44-30)16-51(37)45-31)12-42-9-21(28)6-25(17-52(38)46-32)18-53(39)47-33/h19-21,26-33,48-53H,3-18H2,1-2H3. The third-order valence-electron chi connectivity index (χ3n) is 7.03. The zero-order chi connectivity index (χ0) is 40.4. The maximum atomic E-state index is 11.8. The Hall–Kier alpha value is 0.620. The minimum atomic E-state index is -3.02. The van der Waals surface area contributed by atoms with Gasteiger partial charge >= 0.3 is 0 Å². The van der Waals surface area contributed by atoms with Gasteiger partial charge in [-0.1, -0.05) is 6.92 Å². The number of rotatable bonds is 36. The summed E-state index contributed by atoms with van der Waals surface area (Å²) in [5.41, 5.74) is -1.01. The van der Waals surface area contributed by atoms with Gasteiger partial charge in [0.05, 0.1) is 97.2 Å². The van der Waals surface area contributed by atoms with Crippen molar-refractivity contribution in [3.8, 4) is 0 Å². The first kappa shape index (κ1) is 53.6. The van der Waals surface area contributed by atoms with Gasteiger partial charge in [-0.2, -0.15) is 23.4 Å². The van der Waals surface area contributed by atoms with E-state index in [1.54, 1.807) is 6.92 Å². The van der Waals surface area contributed by atoms with Crippen molar-refractivity contribution in [2.24, 2.45) is 5.41 Å². The molecule has 0 aromatic heterocycles. The molecular weight excluding hydrogens is 844 g/mol. The highest BCUT2D eigenvalue weighted by Crippen LogP contribution is 2.30. The molecule has 0 aromatic carbocycles. The highest BCUT2D eigenvalue weighted by atomic mass is 31.1. The number of nitrogens with zero attached hydrogens (tertiary/aromatic N) is 3. The van der Waals surface area contributed by atoms with Gasteiger partial charge < -0.3 is 34.1 Å². The lowest BCUT2D eigenvalue weighted by molar-refractivity contribution is -0.133. The zero-order valence-corrected chi connectivity index (χ0v) is 35.2. The summed E-state index contributed by atoms with van der Waals surface area (Å²) in [6, 6.07) is 0. The predicted octanol–water partition coefficient (Wildman–Crippen LogP) is 1.18. The van der Waals surface area contributed by atoms with E-state index in [1.807, 2.05) is 0 Å². The van der Waals surface area contributed by atoms with Gasteiger partial charge in [0, 0.05) is 31.3 Å². The first-order chi connectivity index (χ1) is 25.0. The lowest BCUT2D eigenvalue weighted by Crippen LogP contribution is -2.42. The Morgan fingerprint density at radius 3 is 0.943 bits per heavy atom. The molecule has 0 aliphatic rings. The Labute approximate surface area is 309 Å². The second-order valence-electron chi connectivity index (χ2n) is 11.9. The number of aliphatic hydroxyl groups excluding tert-OH is 3. The molecule has 0 fully saturated rings. The van der Waals surface area contributed by atoms with Gasteiger partial charge in [0.2, 0.25) is 40.1 Å². The van der Waals surface area contributed by atoms with Gasteiger partial charge in [-0.25, -0.2) is 26.3 Å². The fraction of sp³-hybridized carbons (Fsp3) is 1.00. The summed E-state index contributed by atoms with van der Waals surface area (Å²) in [4.78, 5) is 3.70. The van der Waals surface area contributed by atoms with Crippen LogP contribution in [0, 0.1) is 5.41 Å². The van der Waals surface area contributed by atoms with Crippen molar-refractivity contribution in [1.29, 1.82) is 0 Å². The Morgan fingerprint density at radius 1 is 0.491 bits per heavy atom. The average molecular weight is 900 g/mol. The maximum absolute atomic E-state index is 11.8. The van der Waals surface area contributed by atoms with E-state index in [4.69, 9.17) is 40.5 Å². The van der Waals surface area contributed by atoms with Crippen molar-refractivity contribution in [3.05, 3.63) is 0 Å².